The Bertz CT molecular complexity index is 510. The zero-order valence-corrected chi connectivity index (χ0v) is 14.9. The molecule has 0 aliphatic heterocycles. The van der Waals surface area contributed by atoms with Crippen molar-refractivity contribution in [1.82, 2.24) is 0 Å². The summed E-state index contributed by atoms with van der Waals surface area (Å²) in [5, 5.41) is 19.3. The van der Waals surface area contributed by atoms with E-state index >= 15 is 0 Å². The zero-order chi connectivity index (χ0) is 16.2. The number of aliphatic hydroxyl groups is 1. The molecule has 0 spiro atoms. The maximum Gasteiger partial charge on any atom is 0.0624 e. The zero-order valence-electron chi connectivity index (χ0n) is 14.9. The summed E-state index contributed by atoms with van der Waals surface area (Å²) in [5.41, 5.74) is 0.922. The molecule has 128 valence electrons. The Morgan fingerprint density at radius 2 is 1.70 bits per heavy atom. The van der Waals surface area contributed by atoms with Gasteiger partial charge >= 0.3 is 0 Å². The molecular weight excluding hydrogens is 282 g/mol. The fourth-order valence-electron chi connectivity index (χ4n) is 7.79. The fourth-order valence-corrected chi connectivity index (χ4v) is 7.79. The van der Waals surface area contributed by atoms with Crippen molar-refractivity contribution in [3.63, 3.8) is 0 Å². The van der Waals surface area contributed by atoms with Crippen molar-refractivity contribution in [3.05, 3.63) is 0 Å². The van der Waals surface area contributed by atoms with Crippen molar-refractivity contribution in [2.75, 3.05) is 0 Å². The molecule has 0 bridgehead atoms. The Hall–Kier alpha value is -0.550. The van der Waals surface area contributed by atoms with Crippen LogP contribution in [0.4, 0.5) is 0 Å². The fraction of sp³-hybridized carbons (Fsp3) is 0.952. The van der Waals surface area contributed by atoms with Gasteiger partial charge in [0.25, 0.3) is 0 Å². The molecule has 2 heteroatoms. The molecule has 0 aromatic carbocycles. The minimum Gasteiger partial charge on any atom is -0.393 e. The number of aliphatic hydroxyl groups excluding tert-OH is 1. The van der Waals surface area contributed by atoms with Crippen LogP contribution in [0, 0.1) is 51.8 Å². The Labute approximate surface area is 141 Å². The summed E-state index contributed by atoms with van der Waals surface area (Å²) >= 11 is 0. The lowest BCUT2D eigenvalue weighted by molar-refractivity contribution is -0.126. The highest BCUT2D eigenvalue weighted by molar-refractivity contribution is 5.09. The smallest absolute Gasteiger partial charge is 0.0624 e. The van der Waals surface area contributed by atoms with E-state index < -0.39 is 0 Å². The number of nitriles is 1. The second-order valence-corrected chi connectivity index (χ2v) is 9.77. The van der Waals surface area contributed by atoms with Crippen molar-refractivity contribution >= 4 is 0 Å². The van der Waals surface area contributed by atoms with Crippen LogP contribution in [0.15, 0.2) is 0 Å². The van der Waals surface area contributed by atoms with Crippen LogP contribution in [-0.4, -0.2) is 11.2 Å². The second kappa shape index (κ2) is 5.48. The van der Waals surface area contributed by atoms with Crippen LogP contribution in [0.2, 0.25) is 0 Å². The first-order chi connectivity index (χ1) is 11.0. The van der Waals surface area contributed by atoms with Crippen molar-refractivity contribution in [3.8, 4) is 6.07 Å². The predicted molar refractivity (Wildman–Crippen MR) is 91.5 cm³/mol. The Balaban J connectivity index is 1.59. The number of rotatable bonds is 1. The molecule has 4 saturated carbocycles. The van der Waals surface area contributed by atoms with E-state index in [0.29, 0.717) is 16.7 Å². The van der Waals surface area contributed by atoms with Gasteiger partial charge in [-0.05, 0) is 98.2 Å². The Kier molecular flexibility index (Phi) is 3.80. The lowest BCUT2D eigenvalue weighted by Gasteiger charge is -2.61. The van der Waals surface area contributed by atoms with E-state index in [4.69, 9.17) is 0 Å². The van der Waals surface area contributed by atoms with Crippen LogP contribution < -0.4 is 0 Å². The van der Waals surface area contributed by atoms with Gasteiger partial charge in [0.2, 0.25) is 0 Å². The molecular formula is C21H33NO. The lowest BCUT2D eigenvalue weighted by Crippen LogP contribution is -2.53. The van der Waals surface area contributed by atoms with Gasteiger partial charge in [-0.3, -0.25) is 0 Å². The normalized spacial score (nSPS) is 55.4. The average Bonchev–Trinajstić information content (AvgIpc) is 2.85. The molecule has 0 saturated heterocycles. The monoisotopic (exact) mass is 315 g/mol. The topological polar surface area (TPSA) is 44.0 Å². The van der Waals surface area contributed by atoms with Gasteiger partial charge in [-0.2, -0.15) is 5.26 Å². The first-order valence-corrected chi connectivity index (χ1v) is 10.0. The van der Waals surface area contributed by atoms with Gasteiger partial charge < -0.3 is 5.11 Å². The molecule has 8 unspecified atom stereocenters. The maximum absolute atomic E-state index is 10.1. The molecule has 0 aromatic rings. The maximum atomic E-state index is 10.1. The van der Waals surface area contributed by atoms with E-state index in [0.717, 1.165) is 42.9 Å². The molecule has 0 aromatic heterocycles. The SMILES string of the molecule is CC12CCC3C(CCC4CC(O)CCC43C)C1CCC2CC#N. The number of hydrogen-bond acceptors (Lipinski definition) is 2. The molecule has 2 nitrogen and oxygen atoms in total. The molecule has 1 N–H and O–H groups in total. The van der Waals surface area contributed by atoms with Gasteiger partial charge in [-0.1, -0.05) is 13.8 Å². The van der Waals surface area contributed by atoms with Crippen molar-refractivity contribution in [2.45, 2.75) is 84.2 Å². The predicted octanol–water partition coefficient (Wildman–Crippen LogP) is 4.92. The van der Waals surface area contributed by atoms with Gasteiger partial charge in [0, 0.05) is 6.42 Å². The minimum atomic E-state index is -0.0371. The molecule has 0 heterocycles. The standard InChI is InChI=1S/C21H33NO/c1-20-11-8-19-17(18(20)6-4-14(20)9-12-22)5-3-15-13-16(23)7-10-21(15,19)2/h14-19,23H,3-11,13H2,1-2H3. The molecule has 4 rings (SSSR count). The van der Waals surface area contributed by atoms with Gasteiger partial charge in [0.05, 0.1) is 12.2 Å². The van der Waals surface area contributed by atoms with Crippen LogP contribution >= 0.6 is 0 Å². The van der Waals surface area contributed by atoms with Crippen molar-refractivity contribution < 1.29 is 5.11 Å². The van der Waals surface area contributed by atoms with E-state index in [-0.39, 0.29) is 6.10 Å². The van der Waals surface area contributed by atoms with E-state index in [2.05, 4.69) is 19.9 Å². The molecule has 0 radical (unpaired) electrons. The van der Waals surface area contributed by atoms with E-state index in [9.17, 15) is 10.4 Å². The third-order valence-electron chi connectivity index (χ3n) is 9.17. The first-order valence-electron chi connectivity index (χ1n) is 10.0. The van der Waals surface area contributed by atoms with E-state index in [1.54, 1.807) is 0 Å². The van der Waals surface area contributed by atoms with Crippen LogP contribution in [0.5, 0.6) is 0 Å². The van der Waals surface area contributed by atoms with Gasteiger partial charge in [-0.25, -0.2) is 0 Å². The third-order valence-corrected chi connectivity index (χ3v) is 9.17. The highest BCUT2D eigenvalue weighted by atomic mass is 16.3. The average molecular weight is 316 g/mol. The van der Waals surface area contributed by atoms with Gasteiger partial charge in [0.15, 0.2) is 0 Å². The molecule has 4 aliphatic rings. The summed E-state index contributed by atoms with van der Waals surface area (Å²) in [6, 6.07) is 2.47. The summed E-state index contributed by atoms with van der Waals surface area (Å²) in [6.07, 6.45) is 12.2. The number of nitrogens with zero attached hydrogens (tertiary/aromatic N) is 1. The van der Waals surface area contributed by atoms with Gasteiger partial charge in [-0.15, -0.1) is 0 Å². The number of hydrogen-bond donors (Lipinski definition) is 1. The highest BCUT2D eigenvalue weighted by Gasteiger charge is 2.59. The van der Waals surface area contributed by atoms with Crippen LogP contribution in [0.25, 0.3) is 0 Å². The second-order valence-electron chi connectivity index (χ2n) is 9.77. The summed E-state index contributed by atoms with van der Waals surface area (Å²) in [4.78, 5) is 0. The van der Waals surface area contributed by atoms with Crippen molar-refractivity contribution in [2.24, 2.45) is 40.4 Å². The van der Waals surface area contributed by atoms with Crippen LogP contribution in [0.1, 0.15) is 78.1 Å². The Morgan fingerprint density at radius 3 is 2.48 bits per heavy atom. The van der Waals surface area contributed by atoms with E-state index in [1.807, 2.05) is 0 Å². The van der Waals surface area contributed by atoms with E-state index in [1.165, 1.54) is 44.9 Å². The lowest BCUT2D eigenvalue weighted by atomic mass is 9.44. The summed E-state index contributed by atoms with van der Waals surface area (Å²) in [6.45, 7) is 5.08. The Morgan fingerprint density at radius 1 is 0.957 bits per heavy atom. The summed E-state index contributed by atoms with van der Waals surface area (Å²) in [7, 11) is 0. The van der Waals surface area contributed by atoms with Crippen LogP contribution in [-0.2, 0) is 0 Å². The quantitative estimate of drug-likeness (QED) is 0.746. The summed E-state index contributed by atoms with van der Waals surface area (Å²) < 4.78 is 0. The van der Waals surface area contributed by atoms with Crippen LogP contribution in [0.3, 0.4) is 0 Å². The van der Waals surface area contributed by atoms with Crippen molar-refractivity contribution in [1.29, 1.82) is 5.26 Å². The molecule has 0 amide bonds. The minimum absolute atomic E-state index is 0.0371. The molecule has 23 heavy (non-hydrogen) atoms. The third kappa shape index (κ3) is 2.22. The molecule has 4 aliphatic carbocycles. The molecule has 4 fully saturated rings. The highest BCUT2D eigenvalue weighted by Crippen LogP contribution is 2.67. The first kappa shape index (κ1) is 15.9. The number of fused-ring (bicyclic) bond motifs is 5. The van der Waals surface area contributed by atoms with Gasteiger partial charge in [0.1, 0.15) is 0 Å². The largest absolute Gasteiger partial charge is 0.393 e. The summed E-state index contributed by atoms with van der Waals surface area (Å²) in [5.74, 6) is 4.05. The molecule has 8 atom stereocenters.